The number of nitrogens with one attached hydrogen (secondary N) is 3. The van der Waals surface area contributed by atoms with Crippen LogP contribution in [0.5, 0.6) is 0 Å². The van der Waals surface area contributed by atoms with E-state index in [2.05, 4.69) is 22.9 Å². The summed E-state index contributed by atoms with van der Waals surface area (Å²) in [5.74, 6) is 0. The van der Waals surface area contributed by atoms with Crippen molar-refractivity contribution in [2.45, 2.75) is 25.9 Å². The van der Waals surface area contributed by atoms with E-state index < -0.39 is 0 Å². The SMILES string of the molecule is CCNCCC(N)NCCCNC. The third kappa shape index (κ3) is 9.76. The third-order valence-electron chi connectivity index (χ3n) is 1.89. The second kappa shape index (κ2) is 9.92. The van der Waals surface area contributed by atoms with Gasteiger partial charge in [-0.25, -0.2) is 0 Å². The molecule has 0 bridgehead atoms. The van der Waals surface area contributed by atoms with E-state index in [0.717, 1.165) is 39.0 Å². The monoisotopic (exact) mass is 188 g/mol. The molecule has 4 heteroatoms. The van der Waals surface area contributed by atoms with Gasteiger partial charge in [-0.1, -0.05) is 6.92 Å². The van der Waals surface area contributed by atoms with Crippen molar-refractivity contribution in [1.29, 1.82) is 0 Å². The van der Waals surface area contributed by atoms with Gasteiger partial charge in [-0.3, -0.25) is 0 Å². The molecular formula is C9H24N4. The summed E-state index contributed by atoms with van der Waals surface area (Å²) in [6.45, 7) is 6.16. The van der Waals surface area contributed by atoms with Gasteiger partial charge in [-0.2, -0.15) is 0 Å². The van der Waals surface area contributed by atoms with Gasteiger partial charge in [0.25, 0.3) is 0 Å². The van der Waals surface area contributed by atoms with E-state index in [-0.39, 0.29) is 6.17 Å². The first kappa shape index (κ1) is 12.8. The summed E-state index contributed by atoms with van der Waals surface area (Å²) in [7, 11) is 1.96. The average molecular weight is 188 g/mol. The molecule has 0 saturated heterocycles. The molecule has 5 N–H and O–H groups in total. The van der Waals surface area contributed by atoms with E-state index in [4.69, 9.17) is 5.73 Å². The minimum atomic E-state index is 0.135. The van der Waals surface area contributed by atoms with E-state index in [1.807, 2.05) is 7.05 Å². The van der Waals surface area contributed by atoms with Crippen LogP contribution in [-0.4, -0.2) is 39.4 Å². The van der Waals surface area contributed by atoms with Gasteiger partial charge in [0.2, 0.25) is 0 Å². The minimum absolute atomic E-state index is 0.135. The summed E-state index contributed by atoms with van der Waals surface area (Å²) >= 11 is 0. The van der Waals surface area contributed by atoms with Crippen LogP contribution < -0.4 is 21.7 Å². The lowest BCUT2D eigenvalue weighted by molar-refractivity contribution is 0.472. The zero-order valence-electron chi connectivity index (χ0n) is 8.90. The summed E-state index contributed by atoms with van der Waals surface area (Å²) in [4.78, 5) is 0. The van der Waals surface area contributed by atoms with Gasteiger partial charge < -0.3 is 21.7 Å². The molecule has 0 radical (unpaired) electrons. The van der Waals surface area contributed by atoms with Crippen LogP contribution in [-0.2, 0) is 0 Å². The Morgan fingerprint density at radius 3 is 2.62 bits per heavy atom. The molecule has 0 spiro atoms. The molecule has 0 aromatic heterocycles. The standard InChI is InChI=1S/C9H24N4/c1-3-12-8-5-9(10)13-7-4-6-11-2/h9,11-13H,3-8,10H2,1-2H3. The summed E-state index contributed by atoms with van der Waals surface area (Å²) in [6, 6.07) is 0. The Kier molecular flexibility index (Phi) is 9.80. The lowest BCUT2D eigenvalue weighted by Crippen LogP contribution is -2.40. The summed E-state index contributed by atoms with van der Waals surface area (Å²) in [5.41, 5.74) is 5.83. The van der Waals surface area contributed by atoms with Gasteiger partial charge in [0.05, 0.1) is 6.17 Å². The fourth-order valence-corrected chi connectivity index (χ4v) is 1.09. The molecule has 0 amide bonds. The molecule has 4 nitrogen and oxygen atoms in total. The summed E-state index contributed by atoms with van der Waals surface area (Å²) < 4.78 is 0. The van der Waals surface area contributed by atoms with Crippen molar-refractivity contribution in [1.82, 2.24) is 16.0 Å². The van der Waals surface area contributed by atoms with Gasteiger partial charge >= 0.3 is 0 Å². The second-order valence-electron chi connectivity index (χ2n) is 3.16. The van der Waals surface area contributed by atoms with Crippen molar-refractivity contribution in [3.05, 3.63) is 0 Å². The molecule has 0 fully saturated rings. The molecule has 0 aromatic rings. The topological polar surface area (TPSA) is 62.1 Å². The molecule has 0 aliphatic rings. The zero-order valence-corrected chi connectivity index (χ0v) is 8.90. The van der Waals surface area contributed by atoms with E-state index in [9.17, 15) is 0 Å². The summed E-state index contributed by atoms with van der Waals surface area (Å²) in [5, 5.41) is 9.62. The maximum atomic E-state index is 5.83. The lowest BCUT2D eigenvalue weighted by atomic mass is 10.3. The maximum absolute atomic E-state index is 5.83. The van der Waals surface area contributed by atoms with Crippen LogP contribution >= 0.6 is 0 Å². The molecule has 80 valence electrons. The van der Waals surface area contributed by atoms with Crippen molar-refractivity contribution in [2.24, 2.45) is 5.73 Å². The highest BCUT2D eigenvalue weighted by Crippen LogP contribution is 1.82. The Bertz CT molecular complexity index is 97.6. The van der Waals surface area contributed by atoms with Crippen LogP contribution in [0.15, 0.2) is 0 Å². The fourth-order valence-electron chi connectivity index (χ4n) is 1.09. The molecular weight excluding hydrogens is 164 g/mol. The summed E-state index contributed by atoms with van der Waals surface area (Å²) in [6.07, 6.45) is 2.26. The van der Waals surface area contributed by atoms with E-state index in [1.54, 1.807) is 0 Å². The van der Waals surface area contributed by atoms with Crippen LogP contribution in [0.1, 0.15) is 19.8 Å². The first-order chi connectivity index (χ1) is 6.31. The van der Waals surface area contributed by atoms with Crippen LogP contribution in [0.4, 0.5) is 0 Å². The molecule has 0 saturated carbocycles. The maximum Gasteiger partial charge on any atom is 0.0558 e. The Hall–Kier alpha value is -0.160. The number of nitrogens with two attached hydrogens (primary N) is 1. The highest BCUT2D eigenvalue weighted by Gasteiger charge is 1.98. The van der Waals surface area contributed by atoms with Crippen molar-refractivity contribution >= 4 is 0 Å². The van der Waals surface area contributed by atoms with Gasteiger partial charge in [-0.05, 0) is 46.1 Å². The highest BCUT2D eigenvalue weighted by atomic mass is 15.0. The normalized spacial score (nSPS) is 13.2. The second-order valence-corrected chi connectivity index (χ2v) is 3.16. The predicted octanol–water partition coefficient (Wildman–Crippen LogP) is -0.530. The zero-order chi connectivity index (χ0) is 9.94. The van der Waals surface area contributed by atoms with E-state index in [0.29, 0.717) is 0 Å². The third-order valence-corrected chi connectivity index (χ3v) is 1.89. The van der Waals surface area contributed by atoms with Gasteiger partial charge in [0.15, 0.2) is 0 Å². The predicted molar refractivity (Wildman–Crippen MR) is 57.7 cm³/mol. The number of hydrogen-bond donors (Lipinski definition) is 4. The van der Waals surface area contributed by atoms with Crippen molar-refractivity contribution in [3.8, 4) is 0 Å². The molecule has 0 rings (SSSR count). The van der Waals surface area contributed by atoms with E-state index >= 15 is 0 Å². The fraction of sp³-hybridized carbons (Fsp3) is 1.00. The Balaban J connectivity index is 3.05. The van der Waals surface area contributed by atoms with Crippen LogP contribution in [0.3, 0.4) is 0 Å². The highest BCUT2D eigenvalue weighted by molar-refractivity contribution is 4.60. The van der Waals surface area contributed by atoms with Crippen molar-refractivity contribution < 1.29 is 0 Å². The Morgan fingerprint density at radius 2 is 2.00 bits per heavy atom. The molecule has 1 unspecified atom stereocenters. The Labute approximate surface area is 81.6 Å². The minimum Gasteiger partial charge on any atom is -0.320 e. The van der Waals surface area contributed by atoms with Crippen LogP contribution in [0.2, 0.25) is 0 Å². The van der Waals surface area contributed by atoms with Crippen LogP contribution in [0, 0.1) is 0 Å². The van der Waals surface area contributed by atoms with Gasteiger partial charge in [0.1, 0.15) is 0 Å². The Morgan fingerprint density at radius 1 is 1.23 bits per heavy atom. The average Bonchev–Trinajstić information content (AvgIpc) is 2.13. The largest absolute Gasteiger partial charge is 0.320 e. The molecule has 13 heavy (non-hydrogen) atoms. The molecule has 0 aliphatic heterocycles. The molecule has 0 heterocycles. The number of rotatable bonds is 9. The first-order valence-corrected chi connectivity index (χ1v) is 5.15. The van der Waals surface area contributed by atoms with Crippen LogP contribution in [0.25, 0.3) is 0 Å². The van der Waals surface area contributed by atoms with Crippen molar-refractivity contribution in [3.63, 3.8) is 0 Å². The molecule has 0 aliphatic carbocycles. The smallest absolute Gasteiger partial charge is 0.0558 e. The quantitative estimate of drug-likeness (QED) is 0.290. The van der Waals surface area contributed by atoms with E-state index in [1.165, 1.54) is 0 Å². The lowest BCUT2D eigenvalue weighted by Gasteiger charge is -2.13. The first-order valence-electron chi connectivity index (χ1n) is 5.15. The van der Waals surface area contributed by atoms with Gasteiger partial charge in [0, 0.05) is 0 Å². The molecule has 1 atom stereocenters. The van der Waals surface area contributed by atoms with Gasteiger partial charge in [-0.15, -0.1) is 0 Å². The number of hydrogen-bond acceptors (Lipinski definition) is 4. The molecule has 0 aromatic carbocycles. The van der Waals surface area contributed by atoms with Crippen molar-refractivity contribution in [2.75, 3.05) is 33.2 Å².